The smallest absolute Gasteiger partial charge is 0.408 e. The standard InChI is InChI=1S/C59H54N6O8/c1-36(2)51(60)55-63-52-54(73-55)59(45-27-40(25-26-48(45)70-32-38-17-9-5-10-18-38)28-46(57(66)67)62-58(68)71-33-39-19-11-6-12-20-39)34-64(30-37-15-7-4-8-16-37)53-42(22-13-23-44(53)59)41-21-14-24-47-50(41)43(31-65(47)35-69-3)49-29-61-56(52)72-49/h4-27,29,31,36,46,51H,28,30,32-35,60H2,1-3H3,(H,62,68)(H,66,67)/t46-,51-,59+/m0/s1. The number of aliphatic carboxylic acids is 1. The van der Waals surface area contributed by atoms with E-state index in [1.807, 2.05) is 117 Å². The Morgan fingerprint density at radius 1 is 0.795 bits per heavy atom. The number of nitrogens with two attached hydrogens (primary N) is 1. The number of methoxy groups -OCH3 is 1. The van der Waals surface area contributed by atoms with Gasteiger partial charge in [-0.05, 0) is 51.4 Å². The van der Waals surface area contributed by atoms with E-state index in [4.69, 9.17) is 38.7 Å². The summed E-state index contributed by atoms with van der Waals surface area (Å²) < 4.78 is 34.4. The molecule has 14 heteroatoms. The molecule has 0 fully saturated rings. The number of carboxylic acid groups (broad SMARTS) is 1. The molecule has 0 radical (unpaired) electrons. The lowest BCUT2D eigenvalue weighted by molar-refractivity contribution is -0.139. The normalized spacial score (nSPS) is 15.3. The molecule has 2 aliphatic heterocycles. The molecule has 73 heavy (non-hydrogen) atoms. The van der Waals surface area contributed by atoms with Gasteiger partial charge in [-0.25, -0.2) is 19.6 Å². The molecule has 0 unspecified atom stereocenters. The molecule has 3 aromatic heterocycles. The molecule has 2 aliphatic rings. The molecule has 14 nitrogen and oxygen atoms in total. The number of anilines is 1. The van der Waals surface area contributed by atoms with Gasteiger partial charge in [0.2, 0.25) is 11.8 Å². The topological polar surface area (TPSA) is 180 Å². The lowest BCUT2D eigenvalue weighted by Crippen LogP contribution is -2.42. The quantitative estimate of drug-likeness (QED) is 0.0835. The van der Waals surface area contributed by atoms with Crippen LogP contribution in [0, 0.1) is 5.92 Å². The summed E-state index contributed by atoms with van der Waals surface area (Å²) in [5.74, 6) is 0.713. The van der Waals surface area contributed by atoms with Crippen LogP contribution in [0.4, 0.5) is 10.5 Å². The zero-order valence-corrected chi connectivity index (χ0v) is 40.7. The van der Waals surface area contributed by atoms with E-state index in [1.165, 1.54) is 0 Å². The summed E-state index contributed by atoms with van der Waals surface area (Å²) in [6.07, 6.45) is 2.81. The maximum absolute atomic E-state index is 13.3. The molecule has 3 atom stereocenters. The van der Waals surface area contributed by atoms with E-state index in [2.05, 4.69) is 63.3 Å². The SMILES string of the molecule is COCn1cc2c3c(cccc31)-c1cccc3c1N(Cc1ccccc1)C[C@@]3(c1cc(C[C@H](NC(=O)OCc3ccccc3)C(=O)O)ccc1OCc1ccccc1)c1oc([C@@H](N)C(C)C)nc1-c1ncc-2o1. The van der Waals surface area contributed by atoms with Gasteiger partial charge in [0.05, 0.1) is 17.8 Å². The van der Waals surface area contributed by atoms with Gasteiger partial charge in [-0.2, -0.15) is 0 Å². The van der Waals surface area contributed by atoms with Crippen LogP contribution in [0.3, 0.4) is 0 Å². The summed E-state index contributed by atoms with van der Waals surface area (Å²) in [7, 11) is 1.67. The van der Waals surface area contributed by atoms with Crippen LogP contribution < -0.4 is 20.7 Å². The number of fused-ring (bicyclic) bond motifs is 7. The largest absolute Gasteiger partial charge is 0.489 e. The van der Waals surface area contributed by atoms with Crippen molar-refractivity contribution < 1.29 is 37.7 Å². The third-order valence-electron chi connectivity index (χ3n) is 13.9. The van der Waals surface area contributed by atoms with Gasteiger partial charge in [-0.3, -0.25) is 0 Å². The number of carboxylic acids is 1. The zero-order chi connectivity index (χ0) is 50.2. The molecule has 0 saturated carbocycles. The van der Waals surface area contributed by atoms with Crippen molar-refractivity contribution >= 4 is 28.7 Å². The van der Waals surface area contributed by atoms with Crippen LogP contribution in [0.1, 0.15) is 64.9 Å². The van der Waals surface area contributed by atoms with Crippen molar-refractivity contribution in [3.05, 3.63) is 203 Å². The number of hydrogen-bond acceptors (Lipinski definition) is 11. The molecule has 9 aromatic rings. The Morgan fingerprint density at radius 2 is 1.49 bits per heavy atom. The third kappa shape index (κ3) is 8.78. The Labute approximate surface area is 422 Å². The number of alkyl carbamates (subject to hydrolysis) is 1. The van der Waals surface area contributed by atoms with Crippen LogP contribution >= 0.6 is 0 Å². The lowest BCUT2D eigenvalue weighted by atomic mass is 9.71. The number of hydrogen-bond donors (Lipinski definition) is 3. The molecule has 11 rings (SSSR count). The second kappa shape index (κ2) is 19.6. The minimum absolute atomic E-state index is 0.0250. The maximum atomic E-state index is 13.3. The van der Waals surface area contributed by atoms with Crippen LogP contribution in [0.15, 0.2) is 167 Å². The summed E-state index contributed by atoms with van der Waals surface area (Å²) >= 11 is 0. The number of ether oxygens (including phenoxy) is 3. The molecule has 0 aliphatic carbocycles. The molecule has 1 amide bonds. The molecule has 5 heterocycles. The average molecular weight is 975 g/mol. The highest BCUT2D eigenvalue weighted by molar-refractivity contribution is 6.08. The minimum atomic E-state index is -1.36. The number of carbonyl (C=O) groups is 2. The Hall–Kier alpha value is -8.46. The zero-order valence-electron chi connectivity index (χ0n) is 40.7. The molecule has 6 aromatic carbocycles. The first-order chi connectivity index (χ1) is 35.6. The Balaban J connectivity index is 1.17. The van der Waals surface area contributed by atoms with Crippen LogP contribution in [0.5, 0.6) is 5.75 Å². The van der Waals surface area contributed by atoms with E-state index in [9.17, 15) is 14.7 Å². The van der Waals surface area contributed by atoms with Gasteiger partial charge in [0.1, 0.15) is 37.2 Å². The second-order valence-electron chi connectivity index (χ2n) is 19.0. The van der Waals surface area contributed by atoms with Gasteiger partial charge in [-0.15, -0.1) is 0 Å². The van der Waals surface area contributed by atoms with E-state index < -0.39 is 29.6 Å². The van der Waals surface area contributed by atoms with E-state index in [0.717, 1.165) is 55.5 Å². The summed E-state index contributed by atoms with van der Waals surface area (Å²) in [5, 5.41) is 14.2. The Morgan fingerprint density at radius 3 is 2.21 bits per heavy atom. The van der Waals surface area contributed by atoms with E-state index in [0.29, 0.717) is 59.8 Å². The van der Waals surface area contributed by atoms with Crippen LogP contribution in [0.25, 0.3) is 44.9 Å². The second-order valence-corrected chi connectivity index (χ2v) is 19.0. The van der Waals surface area contributed by atoms with Gasteiger partial charge in [0, 0.05) is 60.6 Å². The maximum Gasteiger partial charge on any atom is 0.408 e. The van der Waals surface area contributed by atoms with Gasteiger partial charge >= 0.3 is 12.1 Å². The third-order valence-corrected chi connectivity index (χ3v) is 13.9. The van der Waals surface area contributed by atoms with E-state index >= 15 is 0 Å². The lowest BCUT2D eigenvalue weighted by Gasteiger charge is -2.32. The van der Waals surface area contributed by atoms with Gasteiger partial charge in [-0.1, -0.05) is 147 Å². The van der Waals surface area contributed by atoms with E-state index in [-0.39, 0.29) is 31.4 Å². The van der Waals surface area contributed by atoms with Crippen LogP contribution in [-0.4, -0.2) is 51.4 Å². The van der Waals surface area contributed by atoms with Gasteiger partial charge < -0.3 is 48.7 Å². The van der Waals surface area contributed by atoms with Crippen LogP contribution in [0.2, 0.25) is 0 Å². The summed E-state index contributed by atoms with van der Waals surface area (Å²) in [6, 6.07) is 45.8. The summed E-state index contributed by atoms with van der Waals surface area (Å²) in [6.45, 7) is 5.33. The molecule has 6 bridgehead atoms. The first-order valence-corrected chi connectivity index (χ1v) is 24.4. The van der Waals surface area contributed by atoms with Crippen molar-refractivity contribution in [2.45, 2.75) is 64.3 Å². The highest BCUT2D eigenvalue weighted by Crippen LogP contribution is 2.58. The number of carbonyl (C=O) groups excluding carboxylic acids is 1. The molecule has 368 valence electrons. The van der Waals surface area contributed by atoms with E-state index in [1.54, 1.807) is 13.3 Å². The van der Waals surface area contributed by atoms with Crippen molar-refractivity contribution in [1.82, 2.24) is 19.9 Å². The first-order valence-electron chi connectivity index (χ1n) is 24.4. The van der Waals surface area contributed by atoms with Crippen molar-refractivity contribution in [2.24, 2.45) is 11.7 Å². The number of oxazole rings is 2. The first kappa shape index (κ1) is 46.9. The van der Waals surface area contributed by atoms with Gasteiger partial charge in [0.15, 0.2) is 17.2 Å². The fourth-order valence-electron chi connectivity index (χ4n) is 10.3. The highest BCUT2D eigenvalue weighted by Gasteiger charge is 2.53. The molecule has 0 saturated heterocycles. The highest BCUT2D eigenvalue weighted by atomic mass is 16.5. The number of rotatable bonds is 16. The summed E-state index contributed by atoms with van der Waals surface area (Å²) in [4.78, 5) is 39.0. The van der Waals surface area contributed by atoms with Crippen LogP contribution in [-0.2, 0) is 52.6 Å². The Kier molecular flexibility index (Phi) is 12.6. The van der Waals surface area contributed by atoms with Crippen molar-refractivity contribution in [3.8, 4) is 39.8 Å². The average Bonchev–Trinajstić information content (AvgIpc) is 4.23. The number of nitrogens with one attached hydrogen (secondary N) is 1. The van der Waals surface area contributed by atoms with Gasteiger partial charge in [0.25, 0.3) is 0 Å². The van der Waals surface area contributed by atoms with Crippen molar-refractivity contribution in [1.29, 1.82) is 0 Å². The van der Waals surface area contributed by atoms with Crippen molar-refractivity contribution in [3.63, 3.8) is 0 Å². The minimum Gasteiger partial charge on any atom is -0.489 e. The summed E-state index contributed by atoms with van der Waals surface area (Å²) in [5.41, 5.74) is 15.7. The molecule has 0 spiro atoms. The number of amides is 1. The molecule has 4 N–H and O–H groups in total. The fraction of sp³-hybridized carbons (Fsp3) is 0.220. The Bertz CT molecular complexity index is 3460. The number of para-hydroxylation sites is 1. The van der Waals surface area contributed by atoms with Crippen molar-refractivity contribution in [2.75, 3.05) is 18.6 Å². The predicted molar refractivity (Wildman–Crippen MR) is 277 cm³/mol. The molecular formula is C59H54N6O8. The monoisotopic (exact) mass is 974 g/mol. The molecular weight excluding hydrogens is 921 g/mol. The fourth-order valence-corrected chi connectivity index (χ4v) is 10.3. The predicted octanol–water partition coefficient (Wildman–Crippen LogP) is 11.0. The number of nitrogens with zero attached hydrogens (tertiary/aromatic N) is 4. The number of aromatic nitrogens is 3. The number of benzene rings is 6.